The molecule has 1 aliphatic carbocycles. The van der Waals surface area contributed by atoms with Crippen LogP contribution in [-0.2, 0) is 4.79 Å². The molecule has 2 rings (SSSR count). The van der Waals surface area contributed by atoms with Crippen molar-refractivity contribution in [1.29, 1.82) is 0 Å². The Labute approximate surface area is 102 Å². The molecule has 0 saturated heterocycles. The van der Waals surface area contributed by atoms with E-state index in [-0.39, 0.29) is 17.4 Å². The molecule has 0 heterocycles. The second-order valence-corrected chi connectivity index (χ2v) is 5.04. The van der Waals surface area contributed by atoms with E-state index >= 15 is 0 Å². The Morgan fingerprint density at radius 2 is 2.12 bits per heavy atom. The first-order chi connectivity index (χ1) is 8.09. The van der Waals surface area contributed by atoms with E-state index in [4.69, 9.17) is 5.73 Å². The van der Waals surface area contributed by atoms with Crippen LogP contribution in [0.3, 0.4) is 0 Å². The highest BCUT2D eigenvalue weighted by atomic mass is 16.2. The molecule has 1 saturated carbocycles. The summed E-state index contributed by atoms with van der Waals surface area (Å²) in [5.74, 6) is 0.107. The number of amides is 1. The fourth-order valence-electron chi connectivity index (χ4n) is 2.17. The SMILES string of the molecule is Cc1ccccc1[C@H](C)NC(=O)C1(CN)CC1. The molecule has 1 aliphatic rings. The Morgan fingerprint density at radius 1 is 1.47 bits per heavy atom. The predicted molar refractivity (Wildman–Crippen MR) is 68.5 cm³/mol. The lowest BCUT2D eigenvalue weighted by molar-refractivity contribution is -0.126. The molecular formula is C14H20N2O. The van der Waals surface area contributed by atoms with Crippen LogP contribution in [0.2, 0.25) is 0 Å². The van der Waals surface area contributed by atoms with Gasteiger partial charge < -0.3 is 11.1 Å². The lowest BCUT2D eigenvalue weighted by Crippen LogP contribution is -2.38. The minimum Gasteiger partial charge on any atom is -0.349 e. The van der Waals surface area contributed by atoms with Crippen LogP contribution >= 0.6 is 0 Å². The number of carbonyl (C=O) groups excluding carboxylic acids is 1. The highest BCUT2D eigenvalue weighted by Gasteiger charge is 2.48. The molecule has 1 fully saturated rings. The molecule has 1 amide bonds. The topological polar surface area (TPSA) is 55.1 Å². The van der Waals surface area contributed by atoms with E-state index in [2.05, 4.69) is 24.4 Å². The summed E-state index contributed by atoms with van der Waals surface area (Å²) in [7, 11) is 0. The molecule has 3 heteroatoms. The second kappa shape index (κ2) is 4.49. The van der Waals surface area contributed by atoms with Crippen molar-refractivity contribution in [2.24, 2.45) is 11.1 Å². The van der Waals surface area contributed by atoms with Crippen LogP contribution in [0.1, 0.15) is 36.9 Å². The average Bonchev–Trinajstić information content (AvgIpc) is 3.10. The maximum atomic E-state index is 12.1. The van der Waals surface area contributed by atoms with E-state index in [0.717, 1.165) is 12.8 Å². The molecule has 3 nitrogen and oxygen atoms in total. The van der Waals surface area contributed by atoms with Gasteiger partial charge in [0.15, 0.2) is 0 Å². The zero-order valence-corrected chi connectivity index (χ0v) is 10.5. The van der Waals surface area contributed by atoms with Gasteiger partial charge in [0.05, 0.1) is 11.5 Å². The molecule has 0 aliphatic heterocycles. The van der Waals surface area contributed by atoms with Crippen LogP contribution in [0.5, 0.6) is 0 Å². The van der Waals surface area contributed by atoms with Crippen molar-refractivity contribution in [3.63, 3.8) is 0 Å². The summed E-state index contributed by atoms with van der Waals surface area (Å²) in [6, 6.07) is 8.18. The largest absolute Gasteiger partial charge is 0.349 e. The number of hydrogen-bond donors (Lipinski definition) is 2. The minimum atomic E-state index is -0.267. The number of carbonyl (C=O) groups is 1. The molecule has 0 bridgehead atoms. The summed E-state index contributed by atoms with van der Waals surface area (Å²) in [6.07, 6.45) is 1.85. The molecule has 1 aromatic rings. The fraction of sp³-hybridized carbons (Fsp3) is 0.500. The lowest BCUT2D eigenvalue weighted by Gasteiger charge is -2.20. The summed E-state index contributed by atoms with van der Waals surface area (Å²) >= 11 is 0. The van der Waals surface area contributed by atoms with Crippen molar-refractivity contribution in [2.45, 2.75) is 32.7 Å². The van der Waals surface area contributed by atoms with Gasteiger partial charge in [-0.15, -0.1) is 0 Å². The lowest BCUT2D eigenvalue weighted by atomic mass is 10.0. The maximum Gasteiger partial charge on any atom is 0.227 e. The Morgan fingerprint density at radius 3 is 2.65 bits per heavy atom. The van der Waals surface area contributed by atoms with Gasteiger partial charge in [0, 0.05) is 6.54 Å². The van der Waals surface area contributed by atoms with Gasteiger partial charge in [0.25, 0.3) is 0 Å². The van der Waals surface area contributed by atoms with E-state index in [1.807, 2.05) is 19.1 Å². The van der Waals surface area contributed by atoms with Crippen molar-refractivity contribution in [2.75, 3.05) is 6.54 Å². The Kier molecular flexibility index (Phi) is 3.20. The molecular weight excluding hydrogens is 212 g/mol. The highest BCUT2D eigenvalue weighted by Crippen LogP contribution is 2.45. The van der Waals surface area contributed by atoms with Gasteiger partial charge >= 0.3 is 0 Å². The number of benzene rings is 1. The predicted octanol–water partition coefficient (Wildman–Crippen LogP) is 1.91. The van der Waals surface area contributed by atoms with Gasteiger partial charge in [-0.2, -0.15) is 0 Å². The van der Waals surface area contributed by atoms with Crippen LogP contribution < -0.4 is 11.1 Å². The quantitative estimate of drug-likeness (QED) is 0.833. The summed E-state index contributed by atoms with van der Waals surface area (Å²) in [6.45, 7) is 4.54. The van der Waals surface area contributed by atoms with Gasteiger partial charge in [-0.05, 0) is 37.8 Å². The van der Waals surface area contributed by atoms with Crippen molar-refractivity contribution >= 4 is 5.91 Å². The standard InChI is InChI=1S/C14H20N2O/c1-10-5-3-4-6-12(10)11(2)16-13(17)14(9-15)7-8-14/h3-6,11H,7-9,15H2,1-2H3,(H,16,17)/t11-/m0/s1. The number of hydrogen-bond acceptors (Lipinski definition) is 2. The van der Waals surface area contributed by atoms with Gasteiger partial charge in [-0.1, -0.05) is 24.3 Å². The maximum absolute atomic E-state index is 12.1. The molecule has 0 spiro atoms. The fourth-order valence-corrected chi connectivity index (χ4v) is 2.17. The Hall–Kier alpha value is -1.35. The highest BCUT2D eigenvalue weighted by molar-refractivity contribution is 5.85. The third-order valence-electron chi connectivity index (χ3n) is 3.73. The number of nitrogens with two attached hydrogens (primary N) is 1. The van der Waals surface area contributed by atoms with Crippen molar-refractivity contribution in [3.8, 4) is 0 Å². The summed E-state index contributed by atoms with van der Waals surface area (Å²) in [5.41, 5.74) is 7.77. The zero-order valence-electron chi connectivity index (χ0n) is 10.5. The molecule has 3 N–H and O–H groups in total. The smallest absolute Gasteiger partial charge is 0.227 e. The van der Waals surface area contributed by atoms with Gasteiger partial charge in [-0.25, -0.2) is 0 Å². The van der Waals surface area contributed by atoms with Crippen LogP contribution in [0.4, 0.5) is 0 Å². The van der Waals surface area contributed by atoms with Gasteiger partial charge in [0.1, 0.15) is 0 Å². The Balaban J connectivity index is 2.05. The first kappa shape index (κ1) is 12.1. The third kappa shape index (κ3) is 2.34. The van der Waals surface area contributed by atoms with Crippen LogP contribution in [-0.4, -0.2) is 12.5 Å². The summed E-state index contributed by atoms with van der Waals surface area (Å²) in [5, 5.41) is 3.07. The van der Waals surface area contributed by atoms with Crippen LogP contribution in [0.15, 0.2) is 24.3 Å². The number of aryl methyl sites for hydroxylation is 1. The van der Waals surface area contributed by atoms with E-state index in [1.54, 1.807) is 0 Å². The first-order valence-corrected chi connectivity index (χ1v) is 6.16. The zero-order chi connectivity index (χ0) is 12.5. The molecule has 1 atom stereocenters. The summed E-state index contributed by atoms with van der Waals surface area (Å²) in [4.78, 5) is 12.1. The first-order valence-electron chi connectivity index (χ1n) is 6.16. The molecule has 1 aromatic carbocycles. The van der Waals surface area contributed by atoms with E-state index < -0.39 is 0 Å². The summed E-state index contributed by atoms with van der Waals surface area (Å²) < 4.78 is 0. The van der Waals surface area contributed by atoms with E-state index in [0.29, 0.717) is 6.54 Å². The second-order valence-electron chi connectivity index (χ2n) is 5.04. The van der Waals surface area contributed by atoms with Crippen molar-refractivity contribution < 1.29 is 4.79 Å². The normalized spacial score (nSPS) is 18.5. The van der Waals surface area contributed by atoms with E-state index in [9.17, 15) is 4.79 Å². The number of rotatable bonds is 4. The Bertz CT molecular complexity index is 424. The molecule has 92 valence electrons. The van der Waals surface area contributed by atoms with Crippen LogP contribution in [0, 0.1) is 12.3 Å². The van der Waals surface area contributed by atoms with Crippen molar-refractivity contribution in [1.82, 2.24) is 5.32 Å². The van der Waals surface area contributed by atoms with Gasteiger partial charge in [0.2, 0.25) is 5.91 Å². The molecule has 0 aromatic heterocycles. The monoisotopic (exact) mass is 232 g/mol. The average molecular weight is 232 g/mol. The van der Waals surface area contributed by atoms with Gasteiger partial charge in [-0.3, -0.25) is 4.79 Å². The van der Waals surface area contributed by atoms with Crippen LogP contribution in [0.25, 0.3) is 0 Å². The molecule has 17 heavy (non-hydrogen) atoms. The van der Waals surface area contributed by atoms with Crippen molar-refractivity contribution in [3.05, 3.63) is 35.4 Å². The third-order valence-corrected chi connectivity index (χ3v) is 3.73. The molecule has 0 unspecified atom stereocenters. The number of nitrogens with one attached hydrogen (secondary N) is 1. The minimum absolute atomic E-state index is 0.0488. The van der Waals surface area contributed by atoms with E-state index in [1.165, 1.54) is 11.1 Å². The molecule has 0 radical (unpaired) electrons.